The van der Waals surface area contributed by atoms with Gasteiger partial charge in [0.15, 0.2) is 0 Å². The standard InChI is InChI=1S/C2H2O4.3CHNO.FH2O4P.Li.H/c3-1(4)2(5)6;3*2-1-3;1-5-6(2,3)4;;/h(H,3,4)(H,5,6);3*2H;(H2,2,3,4);;. The molecule has 0 saturated carbocycles. The molecule has 0 heterocycles. The Morgan fingerprint density at radius 1 is 0.909 bits per heavy atom. The molecule has 0 bridgehead atoms. The van der Waals surface area contributed by atoms with Gasteiger partial charge in [-0.25, -0.2) is 44.8 Å². The van der Waals surface area contributed by atoms with E-state index in [1.165, 1.54) is 0 Å². The molecule has 0 saturated heterocycles. The molecule has 0 fully saturated rings. The van der Waals surface area contributed by atoms with Crippen LogP contribution < -0.4 is 0 Å². The monoisotopic (exact) mass is 343 g/mol. The summed E-state index contributed by atoms with van der Waals surface area (Å²) in [4.78, 5) is 57.9. The molecule has 0 aliphatic carbocycles. The van der Waals surface area contributed by atoms with E-state index in [1.807, 2.05) is 0 Å². The number of carboxylic acid groups (broad SMARTS) is 2. The summed E-state index contributed by atoms with van der Waals surface area (Å²) >= 11 is 0. The predicted octanol–water partition coefficient (Wildman–Crippen LogP) is -1.81. The van der Waals surface area contributed by atoms with Crippen molar-refractivity contribution in [3.05, 3.63) is 0 Å². The van der Waals surface area contributed by atoms with Crippen molar-refractivity contribution in [1.29, 1.82) is 16.2 Å². The first-order valence-electron chi connectivity index (χ1n) is 3.39. The molecule has 22 heavy (non-hydrogen) atoms. The van der Waals surface area contributed by atoms with Gasteiger partial charge in [0, 0.05) is 0 Å². The number of carboxylic acids is 2. The number of phosphoric acid groups is 1. The number of aliphatic carboxylic acids is 2. The third-order valence-corrected chi connectivity index (χ3v) is 0.453. The van der Waals surface area contributed by atoms with Crippen LogP contribution in [0.15, 0.2) is 0 Å². The van der Waals surface area contributed by atoms with Crippen LogP contribution in [0.5, 0.6) is 0 Å². The van der Waals surface area contributed by atoms with Gasteiger partial charge >= 0.3 is 38.6 Å². The summed E-state index contributed by atoms with van der Waals surface area (Å²) in [5, 5.41) is 31.0. The number of carbonyl (C=O) groups excluding carboxylic acids is 3. The van der Waals surface area contributed by atoms with Crippen molar-refractivity contribution in [2.75, 3.05) is 0 Å². The van der Waals surface area contributed by atoms with Gasteiger partial charge in [-0.15, -0.1) is 0 Å². The van der Waals surface area contributed by atoms with Crippen LogP contribution >= 0.6 is 7.82 Å². The van der Waals surface area contributed by atoms with Crippen LogP contribution in [-0.4, -0.2) is 69.0 Å². The van der Waals surface area contributed by atoms with Gasteiger partial charge in [-0.05, 0) is 4.53 Å². The molecule has 14 nitrogen and oxygen atoms in total. The normalized spacial score (nSPS) is 6.32. The van der Waals surface area contributed by atoms with Gasteiger partial charge in [-0.1, -0.05) is 4.73 Å². The van der Waals surface area contributed by atoms with E-state index in [1.54, 1.807) is 0 Å². The van der Waals surface area contributed by atoms with Crippen LogP contribution in [0, 0.1) is 16.2 Å². The molecule has 0 aliphatic heterocycles. The first-order valence-corrected chi connectivity index (χ1v) is 4.92. The van der Waals surface area contributed by atoms with Crippen molar-refractivity contribution in [3.63, 3.8) is 0 Å². The Kier molecular flexibility index (Phi) is 52.1. The fourth-order valence-corrected chi connectivity index (χ4v) is 0. The minimum absolute atomic E-state index is 0. The SMILES string of the molecule is N=C=O.N=C=O.N=C=O.O=C(O)C(=O)O.O=P(O)(O)OF.[LiH]. The number of carbonyl (C=O) groups is 2. The number of isocyanates is 3. The maximum absolute atomic E-state index is 10.2. The molecule has 0 spiro atoms. The average molecular weight is 343 g/mol. The quantitative estimate of drug-likeness (QED) is 0.0916. The summed E-state index contributed by atoms with van der Waals surface area (Å²) in [6.45, 7) is 0. The van der Waals surface area contributed by atoms with Crippen LogP contribution in [0.25, 0.3) is 0 Å². The van der Waals surface area contributed by atoms with E-state index >= 15 is 0 Å². The Hall–Kier alpha value is -2.28. The Labute approximate surface area is 131 Å². The topological polar surface area (TPSA) is 264 Å². The van der Waals surface area contributed by atoms with Crippen molar-refractivity contribution in [2.45, 2.75) is 0 Å². The minimum atomic E-state index is -4.81. The Morgan fingerprint density at radius 3 is 1.00 bits per heavy atom. The van der Waals surface area contributed by atoms with Crippen molar-refractivity contribution in [3.8, 4) is 0 Å². The van der Waals surface area contributed by atoms with E-state index in [4.69, 9.17) is 64.8 Å². The number of hydrogen-bond donors (Lipinski definition) is 7. The molecule has 0 aliphatic rings. The third kappa shape index (κ3) is 223. The van der Waals surface area contributed by atoms with Gasteiger partial charge in [0.25, 0.3) is 0 Å². The number of hydrogen-bond acceptors (Lipinski definition) is 10. The Bertz CT molecular complexity index is 392. The molecule has 7 N–H and O–H groups in total. The zero-order chi connectivity index (χ0) is 18.5. The van der Waals surface area contributed by atoms with Gasteiger partial charge in [0.2, 0.25) is 18.2 Å². The summed E-state index contributed by atoms with van der Waals surface area (Å²) in [7, 11) is -4.81. The Balaban J connectivity index is -0.0000000376. The van der Waals surface area contributed by atoms with E-state index in [2.05, 4.69) is 4.73 Å². The zero-order valence-corrected chi connectivity index (χ0v) is 10.4. The second-order valence-corrected chi connectivity index (χ2v) is 2.60. The molecule has 0 aromatic carbocycles. The molecule has 0 atom stereocenters. The molecular formula is C5H8FLiN3O11P. The molecule has 0 unspecified atom stereocenters. The first kappa shape index (κ1) is 36.7. The second kappa shape index (κ2) is 31.2. The molecule has 17 heteroatoms. The molecule has 122 valence electrons. The van der Waals surface area contributed by atoms with Gasteiger partial charge in [0.05, 0.1) is 0 Å². The fraction of sp³-hybridized carbons (Fsp3) is 0. The van der Waals surface area contributed by atoms with E-state index in [-0.39, 0.29) is 18.9 Å². The molecule has 0 radical (unpaired) electrons. The van der Waals surface area contributed by atoms with Crippen LogP contribution in [0.1, 0.15) is 0 Å². The fourth-order valence-electron chi connectivity index (χ4n) is 0. The van der Waals surface area contributed by atoms with Gasteiger partial charge in [-0.3, -0.25) is 0 Å². The molecule has 0 aromatic heterocycles. The Morgan fingerprint density at radius 2 is 1.00 bits per heavy atom. The molecule has 0 rings (SSSR count). The van der Waals surface area contributed by atoms with E-state index < -0.39 is 19.8 Å². The van der Waals surface area contributed by atoms with Crippen LogP contribution in [0.3, 0.4) is 0 Å². The van der Waals surface area contributed by atoms with Crippen molar-refractivity contribution in [1.82, 2.24) is 0 Å². The van der Waals surface area contributed by atoms with Gasteiger partial charge in [0.1, 0.15) is 0 Å². The van der Waals surface area contributed by atoms with Gasteiger partial charge in [-0.2, -0.15) is 0 Å². The second-order valence-electron chi connectivity index (χ2n) is 1.48. The summed E-state index contributed by atoms with van der Waals surface area (Å²) in [5.41, 5.74) is 0. The summed E-state index contributed by atoms with van der Waals surface area (Å²) < 4.78 is 21.4. The summed E-state index contributed by atoms with van der Waals surface area (Å²) in [6.07, 6.45) is 2.25. The maximum atomic E-state index is 10.2. The number of halogens is 1. The third-order valence-electron chi connectivity index (χ3n) is 0.273. The average Bonchev–Trinajstić information content (AvgIpc) is 2.31. The van der Waals surface area contributed by atoms with Gasteiger partial charge < -0.3 is 20.0 Å². The van der Waals surface area contributed by atoms with E-state index in [0.29, 0.717) is 0 Å². The summed E-state index contributed by atoms with van der Waals surface area (Å²) in [5.74, 6) is -3.65. The van der Waals surface area contributed by atoms with E-state index in [0.717, 1.165) is 18.2 Å². The van der Waals surface area contributed by atoms with E-state index in [9.17, 15) is 4.53 Å². The predicted molar refractivity (Wildman–Crippen MR) is 61.9 cm³/mol. The first-order chi connectivity index (χ1) is 9.45. The molecule has 0 amide bonds. The van der Waals surface area contributed by atoms with Crippen LogP contribution in [-0.2, 0) is 33.3 Å². The van der Waals surface area contributed by atoms with Crippen LogP contribution in [0.4, 0.5) is 4.53 Å². The van der Waals surface area contributed by atoms with Crippen LogP contribution in [0.2, 0.25) is 0 Å². The zero-order valence-electron chi connectivity index (χ0n) is 9.47. The van der Waals surface area contributed by atoms with Crippen molar-refractivity contribution in [2.24, 2.45) is 0 Å². The molecular weight excluding hydrogens is 335 g/mol. The van der Waals surface area contributed by atoms with Crippen molar-refractivity contribution >= 4 is 56.9 Å². The number of nitrogens with one attached hydrogen (secondary N) is 3. The number of rotatable bonds is 1. The molecule has 0 aromatic rings. The van der Waals surface area contributed by atoms with Crippen molar-refractivity contribution < 1.29 is 57.8 Å². The summed E-state index contributed by atoms with van der Waals surface area (Å²) in [6, 6.07) is 0.